The molecule has 1 atom stereocenters. The van der Waals surface area contributed by atoms with E-state index in [1.807, 2.05) is 7.05 Å². The smallest absolute Gasteiger partial charge is 0.238 e. The highest BCUT2D eigenvalue weighted by atomic mass is 16.2. The van der Waals surface area contributed by atoms with Gasteiger partial charge in [0, 0.05) is 26.2 Å². The van der Waals surface area contributed by atoms with Crippen LogP contribution in [-0.4, -0.2) is 50.1 Å². The van der Waals surface area contributed by atoms with E-state index >= 15 is 0 Å². The van der Waals surface area contributed by atoms with Crippen LogP contribution in [-0.2, 0) is 4.79 Å². The van der Waals surface area contributed by atoms with Crippen molar-refractivity contribution in [3.05, 3.63) is 0 Å². The van der Waals surface area contributed by atoms with Crippen molar-refractivity contribution < 1.29 is 4.79 Å². The van der Waals surface area contributed by atoms with Crippen molar-refractivity contribution in [3.8, 4) is 0 Å². The molecule has 0 spiro atoms. The van der Waals surface area contributed by atoms with Crippen molar-refractivity contribution in [2.24, 2.45) is 5.92 Å². The average Bonchev–Trinajstić information content (AvgIpc) is 2.24. The van der Waals surface area contributed by atoms with E-state index in [-0.39, 0.29) is 11.9 Å². The number of likely N-dealkylation sites (N-methyl/N-ethyl adjacent to an activating group) is 1. The second-order valence-corrected chi connectivity index (χ2v) is 5.03. The van der Waals surface area contributed by atoms with Gasteiger partial charge in [-0.3, -0.25) is 9.69 Å². The number of carbonyl (C=O) groups is 1. The molecule has 94 valence electrons. The molecule has 0 aliphatic carbocycles. The number of hydrogen-bond acceptors (Lipinski definition) is 3. The summed E-state index contributed by atoms with van der Waals surface area (Å²) in [4.78, 5) is 14.0. The van der Waals surface area contributed by atoms with E-state index in [2.05, 4.69) is 29.4 Å². The highest BCUT2D eigenvalue weighted by molar-refractivity contribution is 5.82. The zero-order valence-electron chi connectivity index (χ0n) is 10.8. The van der Waals surface area contributed by atoms with E-state index in [1.54, 1.807) is 0 Å². The van der Waals surface area contributed by atoms with Gasteiger partial charge in [-0.2, -0.15) is 0 Å². The van der Waals surface area contributed by atoms with E-state index in [0.717, 1.165) is 38.5 Å². The Bertz CT molecular complexity index is 218. The number of nitrogens with one attached hydrogen (secondary N) is 2. The van der Waals surface area contributed by atoms with Crippen molar-refractivity contribution in [1.29, 1.82) is 0 Å². The third kappa shape index (κ3) is 4.49. The average molecular weight is 227 g/mol. The van der Waals surface area contributed by atoms with E-state index in [0.29, 0.717) is 0 Å². The molecule has 1 aliphatic rings. The van der Waals surface area contributed by atoms with Crippen LogP contribution in [0.25, 0.3) is 0 Å². The van der Waals surface area contributed by atoms with Crippen molar-refractivity contribution in [3.63, 3.8) is 0 Å². The minimum absolute atomic E-state index is 0.00722. The van der Waals surface area contributed by atoms with Gasteiger partial charge in [-0.1, -0.05) is 13.8 Å². The number of piperazine rings is 1. The normalized spacial score (nSPS) is 22.4. The van der Waals surface area contributed by atoms with E-state index in [9.17, 15) is 4.79 Å². The molecule has 0 bridgehead atoms. The Labute approximate surface area is 98.8 Å². The second kappa shape index (κ2) is 6.86. The van der Waals surface area contributed by atoms with Gasteiger partial charge >= 0.3 is 0 Å². The molecule has 2 N–H and O–H groups in total. The lowest BCUT2D eigenvalue weighted by Gasteiger charge is -2.31. The summed E-state index contributed by atoms with van der Waals surface area (Å²) >= 11 is 0. The first kappa shape index (κ1) is 13.5. The number of rotatable bonds is 5. The Balaban J connectivity index is 2.18. The van der Waals surface area contributed by atoms with Gasteiger partial charge in [-0.15, -0.1) is 0 Å². The predicted octanol–water partition coefficient (Wildman–Crippen LogP) is 0.442. The molecule has 4 heteroatoms. The Kier molecular flexibility index (Phi) is 5.77. The molecule has 1 heterocycles. The summed E-state index contributed by atoms with van der Waals surface area (Å²) in [5.41, 5.74) is 0. The molecule has 0 aromatic heterocycles. The SMILES string of the molecule is CC(C)CCCNC(=O)C1CNCCN1C. The summed E-state index contributed by atoms with van der Waals surface area (Å²) in [6, 6.07) is 0.00722. The summed E-state index contributed by atoms with van der Waals surface area (Å²) < 4.78 is 0. The maximum atomic E-state index is 11.9. The molecule has 0 aromatic rings. The highest BCUT2D eigenvalue weighted by Crippen LogP contribution is 2.03. The highest BCUT2D eigenvalue weighted by Gasteiger charge is 2.24. The standard InChI is InChI=1S/C12H25N3O/c1-10(2)5-4-6-14-12(16)11-9-13-7-8-15(11)3/h10-11,13H,4-9H2,1-3H3,(H,14,16). The molecule has 1 fully saturated rings. The first-order valence-electron chi connectivity index (χ1n) is 6.30. The molecule has 1 saturated heterocycles. The van der Waals surface area contributed by atoms with Crippen LogP contribution in [0.5, 0.6) is 0 Å². The Morgan fingerprint density at radius 1 is 1.56 bits per heavy atom. The molecule has 1 unspecified atom stereocenters. The van der Waals surface area contributed by atoms with Crippen LogP contribution in [0.15, 0.2) is 0 Å². The quantitative estimate of drug-likeness (QED) is 0.670. The van der Waals surface area contributed by atoms with Crippen molar-refractivity contribution in [2.45, 2.75) is 32.7 Å². The van der Waals surface area contributed by atoms with Gasteiger partial charge in [0.25, 0.3) is 0 Å². The topological polar surface area (TPSA) is 44.4 Å². The summed E-state index contributed by atoms with van der Waals surface area (Å²) in [6.07, 6.45) is 2.26. The summed E-state index contributed by atoms with van der Waals surface area (Å²) in [5, 5.41) is 6.27. The van der Waals surface area contributed by atoms with E-state index in [4.69, 9.17) is 0 Å². The summed E-state index contributed by atoms with van der Waals surface area (Å²) in [5.74, 6) is 0.884. The van der Waals surface area contributed by atoms with Gasteiger partial charge < -0.3 is 10.6 Å². The van der Waals surface area contributed by atoms with Gasteiger partial charge in [0.05, 0.1) is 0 Å². The lowest BCUT2D eigenvalue weighted by Crippen LogP contribution is -2.56. The number of carbonyl (C=O) groups excluding carboxylic acids is 1. The van der Waals surface area contributed by atoms with Crippen molar-refractivity contribution >= 4 is 5.91 Å². The molecular formula is C12H25N3O. The largest absolute Gasteiger partial charge is 0.355 e. The fourth-order valence-electron chi connectivity index (χ4n) is 1.94. The first-order chi connectivity index (χ1) is 7.61. The maximum absolute atomic E-state index is 11.9. The van der Waals surface area contributed by atoms with Crippen LogP contribution in [0.4, 0.5) is 0 Å². The van der Waals surface area contributed by atoms with Crippen LogP contribution in [0.1, 0.15) is 26.7 Å². The third-order valence-corrected chi connectivity index (χ3v) is 3.07. The van der Waals surface area contributed by atoms with Gasteiger partial charge in [-0.25, -0.2) is 0 Å². The fourth-order valence-corrected chi connectivity index (χ4v) is 1.94. The Morgan fingerprint density at radius 2 is 2.31 bits per heavy atom. The molecule has 1 aliphatic heterocycles. The Morgan fingerprint density at radius 3 is 2.94 bits per heavy atom. The lowest BCUT2D eigenvalue weighted by atomic mass is 10.1. The van der Waals surface area contributed by atoms with Gasteiger partial charge in [0.2, 0.25) is 5.91 Å². The monoisotopic (exact) mass is 227 g/mol. The number of amides is 1. The lowest BCUT2D eigenvalue weighted by molar-refractivity contribution is -0.126. The zero-order chi connectivity index (χ0) is 12.0. The van der Waals surface area contributed by atoms with Gasteiger partial charge in [0.1, 0.15) is 6.04 Å². The molecule has 0 radical (unpaired) electrons. The fraction of sp³-hybridized carbons (Fsp3) is 0.917. The molecule has 1 amide bonds. The van der Waals surface area contributed by atoms with Gasteiger partial charge in [-0.05, 0) is 25.8 Å². The summed E-state index contributed by atoms with van der Waals surface area (Å²) in [7, 11) is 2.01. The summed E-state index contributed by atoms with van der Waals surface area (Å²) in [6.45, 7) is 7.92. The van der Waals surface area contributed by atoms with Crippen LogP contribution in [0, 0.1) is 5.92 Å². The van der Waals surface area contributed by atoms with E-state index in [1.165, 1.54) is 6.42 Å². The minimum Gasteiger partial charge on any atom is -0.355 e. The van der Waals surface area contributed by atoms with Crippen LogP contribution in [0.2, 0.25) is 0 Å². The van der Waals surface area contributed by atoms with Gasteiger partial charge in [0.15, 0.2) is 0 Å². The van der Waals surface area contributed by atoms with Crippen molar-refractivity contribution in [2.75, 3.05) is 33.2 Å². The molecule has 0 saturated carbocycles. The Hall–Kier alpha value is -0.610. The molecule has 16 heavy (non-hydrogen) atoms. The second-order valence-electron chi connectivity index (χ2n) is 5.03. The molecule has 0 aromatic carbocycles. The molecular weight excluding hydrogens is 202 g/mol. The first-order valence-corrected chi connectivity index (χ1v) is 6.30. The third-order valence-electron chi connectivity index (χ3n) is 3.07. The van der Waals surface area contributed by atoms with E-state index < -0.39 is 0 Å². The molecule has 4 nitrogen and oxygen atoms in total. The van der Waals surface area contributed by atoms with Crippen LogP contribution >= 0.6 is 0 Å². The zero-order valence-corrected chi connectivity index (χ0v) is 10.8. The molecule has 1 rings (SSSR count). The van der Waals surface area contributed by atoms with Crippen LogP contribution < -0.4 is 10.6 Å². The minimum atomic E-state index is 0.00722. The maximum Gasteiger partial charge on any atom is 0.238 e. The predicted molar refractivity (Wildman–Crippen MR) is 66.4 cm³/mol. The van der Waals surface area contributed by atoms with Crippen LogP contribution in [0.3, 0.4) is 0 Å². The van der Waals surface area contributed by atoms with Crippen molar-refractivity contribution in [1.82, 2.24) is 15.5 Å². The number of hydrogen-bond donors (Lipinski definition) is 2. The number of nitrogens with zero attached hydrogens (tertiary/aromatic N) is 1.